The molecule has 0 bridgehead atoms. The van der Waals surface area contributed by atoms with E-state index in [1.807, 2.05) is 0 Å². The predicted octanol–water partition coefficient (Wildman–Crippen LogP) is 17.1. The van der Waals surface area contributed by atoms with Crippen LogP contribution >= 0.6 is 0 Å². The molecular weight excluding hydrogens is 793 g/mol. The molecule has 0 aliphatic heterocycles. The molecule has 6 heteroatoms. The molecule has 0 rings (SSSR count). The molecule has 0 saturated heterocycles. The van der Waals surface area contributed by atoms with Crippen molar-refractivity contribution < 1.29 is 28.6 Å². The molecule has 1 unspecified atom stereocenters. The minimum absolute atomic E-state index is 0.106. The summed E-state index contributed by atoms with van der Waals surface area (Å²) >= 11 is 0. The molecule has 0 aromatic heterocycles. The molecule has 0 aromatic rings. The minimum Gasteiger partial charge on any atom is -0.462 e. The van der Waals surface area contributed by atoms with E-state index < -0.39 is 6.10 Å². The SMILES string of the molecule is CC/C=C\C/C=C\C/C=C\C/C=C\CCCCCCCCC(=O)OCC(COC(=O)CCC/C=C\CCCCCC)OC(=O)CCCCCCC\C=C/C=C\C=C/C=C\CCCCC. The van der Waals surface area contributed by atoms with E-state index >= 15 is 0 Å². The first-order chi connectivity index (χ1) is 31.5. The van der Waals surface area contributed by atoms with Crippen LogP contribution in [0.5, 0.6) is 0 Å². The van der Waals surface area contributed by atoms with Gasteiger partial charge in [0.05, 0.1) is 0 Å². The third-order valence-corrected chi connectivity index (χ3v) is 10.6. The summed E-state index contributed by atoms with van der Waals surface area (Å²) in [5, 5.41) is 0. The van der Waals surface area contributed by atoms with Crippen LogP contribution in [0.25, 0.3) is 0 Å². The number of carbonyl (C=O) groups excluding carboxylic acids is 3. The van der Waals surface area contributed by atoms with Crippen LogP contribution < -0.4 is 0 Å². The Morgan fingerprint density at radius 2 is 0.688 bits per heavy atom. The third kappa shape index (κ3) is 49.1. The zero-order chi connectivity index (χ0) is 46.5. The Balaban J connectivity index is 4.44. The number of hydrogen-bond acceptors (Lipinski definition) is 6. The van der Waals surface area contributed by atoms with E-state index in [1.165, 1.54) is 57.8 Å². The van der Waals surface area contributed by atoms with Crippen LogP contribution in [0.15, 0.2) is 109 Å². The fraction of sp³-hybridized carbons (Fsp3) is 0.638. The van der Waals surface area contributed by atoms with Gasteiger partial charge in [-0.25, -0.2) is 0 Å². The monoisotopic (exact) mass is 887 g/mol. The van der Waals surface area contributed by atoms with Crippen molar-refractivity contribution in [3.8, 4) is 0 Å². The molecular formula is C58H94O6. The van der Waals surface area contributed by atoms with Gasteiger partial charge in [-0.3, -0.25) is 14.4 Å². The van der Waals surface area contributed by atoms with Crippen LogP contribution in [0.2, 0.25) is 0 Å². The quantitative estimate of drug-likeness (QED) is 0.0199. The first-order valence-corrected chi connectivity index (χ1v) is 25.9. The highest BCUT2D eigenvalue weighted by Crippen LogP contribution is 2.13. The highest BCUT2D eigenvalue weighted by Gasteiger charge is 2.19. The average molecular weight is 887 g/mol. The van der Waals surface area contributed by atoms with Gasteiger partial charge in [-0.05, 0) is 103 Å². The van der Waals surface area contributed by atoms with Crippen molar-refractivity contribution in [2.75, 3.05) is 13.2 Å². The normalized spacial score (nSPS) is 13.0. The lowest BCUT2D eigenvalue weighted by molar-refractivity contribution is -0.167. The maximum absolute atomic E-state index is 12.8. The van der Waals surface area contributed by atoms with E-state index in [1.54, 1.807) is 0 Å². The van der Waals surface area contributed by atoms with Gasteiger partial charge in [0.15, 0.2) is 6.10 Å². The van der Waals surface area contributed by atoms with Crippen molar-refractivity contribution in [1.82, 2.24) is 0 Å². The molecule has 0 heterocycles. The van der Waals surface area contributed by atoms with Gasteiger partial charge in [-0.2, -0.15) is 0 Å². The van der Waals surface area contributed by atoms with Crippen LogP contribution in [0.3, 0.4) is 0 Å². The largest absolute Gasteiger partial charge is 0.462 e. The molecule has 1 atom stereocenters. The van der Waals surface area contributed by atoms with Crippen molar-refractivity contribution in [2.24, 2.45) is 0 Å². The Labute approximate surface area is 393 Å². The van der Waals surface area contributed by atoms with Crippen molar-refractivity contribution >= 4 is 17.9 Å². The maximum Gasteiger partial charge on any atom is 0.306 e. The van der Waals surface area contributed by atoms with E-state index in [2.05, 4.69) is 130 Å². The second-order valence-electron chi connectivity index (χ2n) is 16.8. The second-order valence-corrected chi connectivity index (χ2v) is 16.8. The summed E-state index contributed by atoms with van der Waals surface area (Å²) in [5.74, 6) is -0.985. The number of esters is 3. The molecule has 64 heavy (non-hydrogen) atoms. The number of carbonyl (C=O) groups is 3. The Morgan fingerprint density at radius 1 is 0.344 bits per heavy atom. The standard InChI is InChI=1S/C58H94O6/c1-4-7-10-13-16-19-21-23-25-27-29-31-32-34-36-39-42-45-48-51-57(60)63-54-55(53-62-56(59)50-47-44-41-38-18-15-12-9-6-3)64-58(61)52-49-46-43-40-37-35-33-30-28-26-24-22-20-17-14-11-8-5-2/h7,10,16-17,19-20,22-26,28-31,33,38,41,55H,4-6,8-9,11-15,18,21,27,32,34-37,39-40,42-54H2,1-3H3/b10-7-,19-16-,20-17-,24-22-,25-23-,28-26-,31-29-,33-30-,41-38-. The van der Waals surface area contributed by atoms with Crippen LogP contribution in [0.1, 0.15) is 220 Å². The van der Waals surface area contributed by atoms with Crippen molar-refractivity contribution in [2.45, 2.75) is 226 Å². The molecule has 0 amide bonds. The Bertz CT molecular complexity index is 1340. The summed E-state index contributed by atoms with van der Waals surface area (Å²) in [6.45, 7) is 6.38. The second kappa shape index (κ2) is 51.7. The number of unbranched alkanes of at least 4 members (excludes halogenated alkanes) is 19. The Hall–Kier alpha value is -3.93. The number of hydrogen-bond donors (Lipinski definition) is 0. The van der Waals surface area contributed by atoms with E-state index in [0.29, 0.717) is 25.7 Å². The van der Waals surface area contributed by atoms with E-state index in [9.17, 15) is 14.4 Å². The van der Waals surface area contributed by atoms with Gasteiger partial charge < -0.3 is 14.2 Å². The number of allylic oxidation sites excluding steroid dienone is 18. The maximum atomic E-state index is 12.8. The zero-order valence-electron chi connectivity index (χ0n) is 41.3. The van der Waals surface area contributed by atoms with Crippen LogP contribution in [0.4, 0.5) is 0 Å². The first-order valence-electron chi connectivity index (χ1n) is 25.9. The molecule has 0 N–H and O–H groups in total. The van der Waals surface area contributed by atoms with Gasteiger partial charge in [-0.15, -0.1) is 0 Å². The molecule has 0 radical (unpaired) electrons. The summed E-state index contributed by atoms with van der Waals surface area (Å²) in [7, 11) is 0. The van der Waals surface area contributed by atoms with Crippen molar-refractivity contribution in [1.29, 1.82) is 0 Å². The molecule has 6 nitrogen and oxygen atoms in total. The van der Waals surface area contributed by atoms with Crippen molar-refractivity contribution in [3.63, 3.8) is 0 Å². The lowest BCUT2D eigenvalue weighted by Crippen LogP contribution is -2.30. The Morgan fingerprint density at radius 3 is 1.20 bits per heavy atom. The van der Waals surface area contributed by atoms with Gasteiger partial charge in [0.2, 0.25) is 0 Å². The van der Waals surface area contributed by atoms with E-state index in [-0.39, 0.29) is 31.1 Å². The van der Waals surface area contributed by atoms with Crippen LogP contribution in [-0.4, -0.2) is 37.2 Å². The summed E-state index contributed by atoms with van der Waals surface area (Å²) in [6.07, 6.45) is 69.3. The lowest BCUT2D eigenvalue weighted by atomic mass is 10.1. The van der Waals surface area contributed by atoms with E-state index in [4.69, 9.17) is 14.2 Å². The third-order valence-electron chi connectivity index (χ3n) is 10.6. The summed E-state index contributed by atoms with van der Waals surface area (Å²) in [6, 6.07) is 0. The number of ether oxygens (including phenoxy) is 3. The fourth-order valence-electron chi connectivity index (χ4n) is 6.68. The van der Waals surface area contributed by atoms with Crippen LogP contribution in [-0.2, 0) is 28.6 Å². The fourth-order valence-corrected chi connectivity index (χ4v) is 6.68. The molecule has 0 aliphatic rings. The zero-order valence-corrected chi connectivity index (χ0v) is 41.3. The topological polar surface area (TPSA) is 78.9 Å². The average Bonchev–Trinajstić information content (AvgIpc) is 3.29. The highest BCUT2D eigenvalue weighted by molar-refractivity contribution is 5.71. The molecule has 0 saturated carbocycles. The lowest BCUT2D eigenvalue weighted by Gasteiger charge is -2.18. The smallest absolute Gasteiger partial charge is 0.306 e. The van der Waals surface area contributed by atoms with Crippen molar-refractivity contribution in [3.05, 3.63) is 109 Å². The first kappa shape index (κ1) is 60.1. The molecule has 0 aliphatic carbocycles. The molecule has 0 aromatic carbocycles. The van der Waals surface area contributed by atoms with Crippen LogP contribution in [0, 0.1) is 0 Å². The Kier molecular flexibility index (Phi) is 48.5. The molecule has 0 fully saturated rings. The summed E-state index contributed by atoms with van der Waals surface area (Å²) < 4.78 is 16.7. The summed E-state index contributed by atoms with van der Waals surface area (Å²) in [5.41, 5.74) is 0. The number of rotatable bonds is 45. The van der Waals surface area contributed by atoms with Gasteiger partial charge in [-0.1, -0.05) is 207 Å². The van der Waals surface area contributed by atoms with Gasteiger partial charge in [0.25, 0.3) is 0 Å². The van der Waals surface area contributed by atoms with E-state index in [0.717, 1.165) is 116 Å². The molecule has 0 spiro atoms. The van der Waals surface area contributed by atoms with Gasteiger partial charge >= 0.3 is 17.9 Å². The van der Waals surface area contributed by atoms with Gasteiger partial charge in [0, 0.05) is 19.3 Å². The highest BCUT2D eigenvalue weighted by atomic mass is 16.6. The predicted molar refractivity (Wildman–Crippen MR) is 274 cm³/mol. The van der Waals surface area contributed by atoms with Gasteiger partial charge in [0.1, 0.15) is 13.2 Å². The molecule has 362 valence electrons. The summed E-state index contributed by atoms with van der Waals surface area (Å²) in [4.78, 5) is 37.9. The minimum atomic E-state index is -0.808.